The summed E-state index contributed by atoms with van der Waals surface area (Å²) in [7, 11) is 1.98. The van der Waals surface area contributed by atoms with E-state index >= 15 is 0 Å². The Morgan fingerprint density at radius 1 is 1.20 bits per heavy atom. The summed E-state index contributed by atoms with van der Waals surface area (Å²) in [6.07, 6.45) is 4.40. The van der Waals surface area contributed by atoms with Crippen molar-refractivity contribution in [3.8, 4) is 5.75 Å². The van der Waals surface area contributed by atoms with Crippen molar-refractivity contribution in [2.24, 2.45) is 11.8 Å². The fourth-order valence-electron chi connectivity index (χ4n) is 4.36. The number of hydrogen-bond donors (Lipinski definition) is 1. The van der Waals surface area contributed by atoms with Gasteiger partial charge in [0.1, 0.15) is 17.2 Å². The molecule has 0 radical (unpaired) electrons. The van der Waals surface area contributed by atoms with E-state index in [0.29, 0.717) is 11.8 Å². The predicted octanol–water partition coefficient (Wildman–Crippen LogP) is 4.06. The van der Waals surface area contributed by atoms with E-state index < -0.39 is 0 Å². The Morgan fingerprint density at radius 2 is 1.90 bits per heavy atom. The van der Waals surface area contributed by atoms with Crippen LogP contribution in [0, 0.1) is 17.7 Å². The molecule has 3 unspecified atom stereocenters. The van der Waals surface area contributed by atoms with Gasteiger partial charge in [0.05, 0.1) is 0 Å². The summed E-state index contributed by atoms with van der Waals surface area (Å²) in [4.78, 5) is 0. The van der Waals surface area contributed by atoms with Crippen LogP contribution in [0.4, 0.5) is 4.39 Å². The van der Waals surface area contributed by atoms with Crippen LogP contribution in [0.25, 0.3) is 0 Å². The van der Waals surface area contributed by atoms with Crippen molar-refractivity contribution >= 4 is 0 Å². The van der Waals surface area contributed by atoms with Crippen LogP contribution < -0.4 is 10.1 Å². The zero-order valence-corrected chi connectivity index (χ0v) is 12.6. The predicted molar refractivity (Wildman–Crippen MR) is 78.4 cm³/mol. The van der Waals surface area contributed by atoms with Gasteiger partial charge in [0, 0.05) is 24.1 Å². The molecule has 0 saturated heterocycles. The van der Waals surface area contributed by atoms with Crippen LogP contribution in [0.15, 0.2) is 18.2 Å². The highest BCUT2D eigenvalue weighted by Crippen LogP contribution is 2.48. The molecule has 3 rings (SSSR count). The normalized spacial score (nSPS) is 36.5. The maximum atomic E-state index is 13.5. The van der Waals surface area contributed by atoms with E-state index in [1.807, 2.05) is 13.1 Å². The van der Waals surface area contributed by atoms with E-state index in [0.717, 1.165) is 30.6 Å². The Bertz CT molecular complexity index is 492. The molecular weight excluding hydrogens is 253 g/mol. The van der Waals surface area contributed by atoms with E-state index in [2.05, 4.69) is 19.2 Å². The van der Waals surface area contributed by atoms with Crippen LogP contribution >= 0.6 is 0 Å². The van der Waals surface area contributed by atoms with Gasteiger partial charge >= 0.3 is 0 Å². The molecule has 1 aromatic carbocycles. The maximum absolute atomic E-state index is 13.5. The van der Waals surface area contributed by atoms with Crippen molar-refractivity contribution in [2.45, 2.75) is 51.2 Å². The van der Waals surface area contributed by atoms with Crippen LogP contribution in [0.5, 0.6) is 5.75 Å². The van der Waals surface area contributed by atoms with Gasteiger partial charge < -0.3 is 10.1 Å². The van der Waals surface area contributed by atoms with Crippen LogP contribution in [-0.4, -0.2) is 12.6 Å². The highest BCUT2D eigenvalue weighted by Gasteiger charge is 2.45. The zero-order valence-electron chi connectivity index (χ0n) is 12.6. The topological polar surface area (TPSA) is 21.3 Å². The Kier molecular flexibility index (Phi) is 3.49. The number of ether oxygens (including phenoxy) is 1. The van der Waals surface area contributed by atoms with Gasteiger partial charge in [-0.25, -0.2) is 4.39 Å². The minimum atomic E-state index is -0.215. The van der Waals surface area contributed by atoms with Crippen molar-refractivity contribution in [1.82, 2.24) is 5.32 Å². The standard InChI is InChI=1S/C17H24FNO/c1-11-6-12(2)9-17(8-11)10-15(19-3)14-5-4-13(18)7-16(14)20-17/h4-5,7,11-12,15,19H,6,8-10H2,1-3H3. The van der Waals surface area contributed by atoms with Gasteiger partial charge in [0.25, 0.3) is 0 Å². The molecule has 0 bridgehead atoms. The largest absolute Gasteiger partial charge is 0.487 e. The van der Waals surface area contributed by atoms with E-state index in [9.17, 15) is 4.39 Å². The summed E-state index contributed by atoms with van der Waals surface area (Å²) in [5.41, 5.74) is 0.969. The highest BCUT2D eigenvalue weighted by atomic mass is 19.1. The van der Waals surface area contributed by atoms with Crippen LogP contribution in [0.2, 0.25) is 0 Å². The first-order valence-electron chi connectivity index (χ1n) is 7.67. The van der Waals surface area contributed by atoms with Gasteiger partial charge in [-0.15, -0.1) is 0 Å². The van der Waals surface area contributed by atoms with Gasteiger partial charge in [-0.1, -0.05) is 19.9 Å². The van der Waals surface area contributed by atoms with Crippen molar-refractivity contribution in [2.75, 3.05) is 7.05 Å². The molecule has 20 heavy (non-hydrogen) atoms. The number of hydrogen-bond acceptors (Lipinski definition) is 2. The second-order valence-corrected chi connectivity index (χ2v) is 6.87. The van der Waals surface area contributed by atoms with E-state index in [1.54, 1.807) is 6.07 Å². The molecule has 2 aliphatic rings. The number of nitrogens with one attached hydrogen (secondary N) is 1. The highest BCUT2D eigenvalue weighted by molar-refractivity contribution is 5.39. The minimum absolute atomic E-state index is 0.119. The van der Waals surface area contributed by atoms with Crippen molar-refractivity contribution in [3.05, 3.63) is 29.6 Å². The lowest BCUT2D eigenvalue weighted by molar-refractivity contribution is -0.0343. The SMILES string of the molecule is CNC1CC2(CC(C)CC(C)C2)Oc2cc(F)ccc21. The molecule has 3 atom stereocenters. The molecule has 1 saturated carbocycles. The van der Waals surface area contributed by atoms with Crippen LogP contribution in [-0.2, 0) is 0 Å². The fourth-order valence-corrected chi connectivity index (χ4v) is 4.36. The Morgan fingerprint density at radius 3 is 2.55 bits per heavy atom. The molecule has 0 aromatic heterocycles. The molecule has 1 aliphatic heterocycles. The molecule has 110 valence electrons. The maximum Gasteiger partial charge on any atom is 0.127 e. The minimum Gasteiger partial charge on any atom is -0.487 e. The lowest BCUT2D eigenvalue weighted by Crippen LogP contribution is -2.48. The summed E-state index contributed by atoms with van der Waals surface area (Å²) in [5, 5.41) is 3.38. The molecule has 1 N–H and O–H groups in total. The first-order chi connectivity index (χ1) is 9.51. The second-order valence-electron chi connectivity index (χ2n) is 6.87. The summed E-state index contributed by atoms with van der Waals surface area (Å²) < 4.78 is 19.9. The molecule has 3 heteroatoms. The summed E-state index contributed by atoms with van der Waals surface area (Å²) in [6, 6.07) is 5.19. The molecule has 1 aromatic rings. The average Bonchev–Trinajstić information content (AvgIpc) is 2.35. The third-order valence-electron chi connectivity index (χ3n) is 4.85. The third-order valence-corrected chi connectivity index (χ3v) is 4.85. The van der Waals surface area contributed by atoms with Crippen molar-refractivity contribution < 1.29 is 9.13 Å². The summed E-state index contributed by atoms with van der Waals surface area (Å²) in [6.45, 7) is 4.60. The van der Waals surface area contributed by atoms with E-state index in [-0.39, 0.29) is 17.5 Å². The number of rotatable bonds is 1. The molecule has 1 fully saturated rings. The molecule has 1 aliphatic carbocycles. The van der Waals surface area contributed by atoms with Gasteiger partial charge in [0.2, 0.25) is 0 Å². The van der Waals surface area contributed by atoms with Crippen molar-refractivity contribution in [3.63, 3.8) is 0 Å². The first-order valence-corrected chi connectivity index (χ1v) is 7.67. The molecule has 1 spiro atoms. The number of benzene rings is 1. The van der Waals surface area contributed by atoms with E-state index in [1.165, 1.54) is 12.5 Å². The monoisotopic (exact) mass is 277 g/mol. The Labute approximate surface area is 120 Å². The smallest absolute Gasteiger partial charge is 0.127 e. The first kappa shape index (κ1) is 13.9. The lowest BCUT2D eigenvalue weighted by Gasteiger charge is -2.48. The molecule has 0 amide bonds. The van der Waals surface area contributed by atoms with Gasteiger partial charge in [-0.3, -0.25) is 0 Å². The summed E-state index contributed by atoms with van der Waals surface area (Å²) >= 11 is 0. The van der Waals surface area contributed by atoms with Crippen molar-refractivity contribution in [1.29, 1.82) is 0 Å². The molecule has 1 heterocycles. The van der Waals surface area contributed by atoms with Gasteiger partial charge in [-0.05, 0) is 44.2 Å². The summed E-state index contributed by atoms with van der Waals surface area (Å²) in [5.74, 6) is 1.86. The Hall–Kier alpha value is -1.09. The third kappa shape index (κ3) is 2.44. The Balaban J connectivity index is 1.97. The second kappa shape index (κ2) is 5.03. The molecular formula is C17H24FNO. The fraction of sp³-hybridized carbons (Fsp3) is 0.647. The quantitative estimate of drug-likeness (QED) is 0.835. The van der Waals surface area contributed by atoms with Gasteiger partial charge in [0.15, 0.2) is 0 Å². The number of halogens is 1. The number of fused-ring (bicyclic) bond motifs is 1. The van der Waals surface area contributed by atoms with Gasteiger partial charge in [-0.2, -0.15) is 0 Å². The molecule has 2 nitrogen and oxygen atoms in total. The van der Waals surface area contributed by atoms with E-state index in [4.69, 9.17) is 4.74 Å². The van der Waals surface area contributed by atoms with Crippen LogP contribution in [0.3, 0.4) is 0 Å². The zero-order chi connectivity index (χ0) is 14.3. The van der Waals surface area contributed by atoms with Crippen LogP contribution in [0.1, 0.15) is 51.1 Å². The lowest BCUT2D eigenvalue weighted by atomic mass is 9.69. The average molecular weight is 277 g/mol.